The van der Waals surface area contributed by atoms with Crippen LogP contribution in [-0.2, 0) is 10.3 Å². The van der Waals surface area contributed by atoms with Crippen molar-refractivity contribution in [3.8, 4) is 0 Å². The summed E-state index contributed by atoms with van der Waals surface area (Å²) in [5.74, 6) is 0.0269. The fraction of sp³-hybridized carbons (Fsp3) is 0.250. The first-order chi connectivity index (χ1) is 11.9. The van der Waals surface area contributed by atoms with E-state index in [-0.39, 0.29) is 5.78 Å². The van der Waals surface area contributed by atoms with Crippen LogP contribution in [0.5, 0.6) is 0 Å². The second-order valence-corrected chi connectivity index (χ2v) is 7.44. The number of benzene rings is 2. The van der Waals surface area contributed by atoms with Crippen LogP contribution in [0.4, 0.5) is 0 Å². The van der Waals surface area contributed by atoms with Gasteiger partial charge in [-0.1, -0.05) is 74.8 Å². The maximum Gasteiger partial charge on any atom is 0.174 e. The Bertz CT molecular complexity index is 852. The van der Waals surface area contributed by atoms with E-state index >= 15 is 0 Å². The lowest BCUT2D eigenvalue weighted by Crippen LogP contribution is -2.49. The minimum atomic E-state index is -1.11. The molecule has 0 aliphatic heterocycles. The summed E-state index contributed by atoms with van der Waals surface area (Å²) >= 11 is 6.08. The number of hydrogen-bond donors (Lipinski definition) is 0. The molecule has 4 nitrogen and oxygen atoms in total. The van der Waals surface area contributed by atoms with Crippen LogP contribution in [0, 0.1) is 5.41 Å². The Morgan fingerprint density at radius 1 is 0.960 bits per heavy atom. The third-order valence-electron chi connectivity index (χ3n) is 4.23. The summed E-state index contributed by atoms with van der Waals surface area (Å²) in [7, 11) is 0. The summed E-state index contributed by atoms with van der Waals surface area (Å²) < 4.78 is 1.64. The van der Waals surface area contributed by atoms with Gasteiger partial charge in [0.05, 0.1) is 0 Å². The molecule has 1 atom stereocenters. The highest BCUT2D eigenvalue weighted by atomic mass is 35.5. The number of carbonyl (C=O) groups is 1. The second-order valence-electron chi connectivity index (χ2n) is 7.00. The van der Waals surface area contributed by atoms with Gasteiger partial charge in [-0.05, 0) is 23.3 Å². The lowest BCUT2D eigenvalue weighted by molar-refractivity contribution is -0.132. The van der Waals surface area contributed by atoms with Gasteiger partial charge < -0.3 is 0 Å². The number of halogens is 1. The number of Topliss-reactive ketones (excluding diaryl/α,β-unsaturated/α-hetero) is 1. The molecule has 0 amide bonds. The van der Waals surface area contributed by atoms with Crippen molar-refractivity contribution in [3.05, 3.63) is 83.4 Å². The summed E-state index contributed by atoms with van der Waals surface area (Å²) in [6.07, 6.45) is 3.04. The van der Waals surface area contributed by atoms with Crippen LogP contribution in [0.15, 0.2) is 67.3 Å². The molecular weight excluding hydrogens is 334 g/mol. The van der Waals surface area contributed by atoms with Gasteiger partial charge in [0, 0.05) is 10.4 Å². The molecule has 0 aliphatic carbocycles. The topological polar surface area (TPSA) is 47.8 Å². The monoisotopic (exact) mass is 353 g/mol. The number of hydrogen-bond acceptors (Lipinski definition) is 3. The quantitative estimate of drug-likeness (QED) is 0.701. The highest BCUT2D eigenvalue weighted by molar-refractivity contribution is 6.30. The molecule has 1 unspecified atom stereocenters. The molecule has 1 heterocycles. The Kier molecular flexibility index (Phi) is 4.48. The molecule has 0 aliphatic rings. The maximum atomic E-state index is 13.7. The van der Waals surface area contributed by atoms with Gasteiger partial charge in [0.1, 0.15) is 12.7 Å². The molecule has 0 saturated heterocycles. The van der Waals surface area contributed by atoms with Crippen molar-refractivity contribution in [3.63, 3.8) is 0 Å². The van der Waals surface area contributed by atoms with E-state index in [4.69, 9.17) is 11.6 Å². The van der Waals surface area contributed by atoms with E-state index in [1.807, 2.05) is 63.2 Å². The van der Waals surface area contributed by atoms with Crippen LogP contribution >= 0.6 is 11.6 Å². The Morgan fingerprint density at radius 3 is 2.08 bits per heavy atom. The highest BCUT2D eigenvalue weighted by Crippen LogP contribution is 2.40. The third-order valence-corrected chi connectivity index (χ3v) is 4.48. The molecule has 3 aromatic rings. The van der Waals surface area contributed by atoms with Crippen molar-refractivity contribution in [2.75, 3.05) is 0 Å². The van der Waals surface area contributed by atoms with Gasteiger partial charge in [0.2, 0.25) is 0 Å². The molecule has 25 heavy (non-hydrogen) atoms. The molecule has 0 bridgehead atoms. The zero-order valence-electron chi connectivity index (χ0n) is 14.5. The van der Waals surface area contributed by atoms with Gasteiger partial charge >= 0.3 is 0 Å². The van der Waals surface area contributed by atoms with Gasteiger partial charge in [-0.25, -0.2) is 9.67 Å². The van der Waals surface area contributed by atoms with Gasteiger partial charge in [-0.3, -0.25) is 4.79 Å². The first kappa shape index (κ1) is 17.4. The molecule has 3 rings (SSSR count). The van der Waals surface area contributed by atoms with Crippen LogP contribution in [0.3, 0.4) is 0 Å². The predicted molar refractivity (Wildman–Crippen MR) is 98.6 cm³/mol. The number of ketones is 1. The van der Waals surface area contributed by atoms with E-state index in [1.54, 1.807) is 23.1 Å². The van der Waals surface area contributed by atoms with Crippen LogP contribution in [0.1, 0.15) is 31.9 Å². The smallest absolute Gasteiger partial charge is 0.174 e. The summed E-state index contributed by atoms with van der Waals surface area (Å²) in [4.78, 5) is 17.8. The number of carbonyl (C=O) groups excluding carboxylic acids is 1. The average Bonchev–Trinajstić information content (AvgIpc) is 3.12. The van der Waals surface area contributed by atoms with Crippen molar-refractivity contribution in [2.24, 2.45) is 5.41 Å². The van der Waals surface area contributed by atoms with Gasteiger partial charge in [-0.15, -0.1) is 0 Å². The van der Waals surface area contributed by atoms with E-state index in [0.29, 0.717) is 5.02 Å². The summed E-state index contributed by atoms with van der Waals surface area (Å²) in [5.41, 5.74) is -0.0709. The molecule has 0 saturated carbocycles. The maximum absolute atomic E-state index is 13.7. The minimum Gasteiger partial charge on any atom is -0.296 e. The van der Waals surface area contributed by atoms with Crippen molar-refractivity contribution in [1.29, 1.82) is 0 Å². The normalized spacial score (nSPS) is 14.1. The fourth-order valence-corrected chi connectivity index (χ4v) is 3.22. The van der Waals surface area contributed by atoms with E-state index in [9.17, 15) is 4.79 Å². The van der Waals surface area contributed by atoms with Crippen LogP contribution < -0.4 is 0 Å². The van der Waals surface area contributed by atoms with Crippen molar-refractivity contribution in [1.82, 2.24) is 14.8 Å². The third kappa shape index (κ3) is 2.98. The van der Waals surface area contributed by atoms with E-state index in [0.717, 1.165) is 11.1 Å². The van der Waals surface area contributed by atoms with Gasteiger partial charge in [-0.2, -0.15) is 5.10 Å². The standard InChI is InChI=1S/C20H20ClN3O/c1-19(2,3)18(25)20(24-14-22-13-23-24,15-7-5-4-6-8-15)16-9-11-17(21)12-10-16/h4-14H,1-3H3. The van der Waals surface area contributed by atoms with Crippen molar-refractivity contribution >= 4 is 17.4 Å². The second kappa shape index (κ2) is 6.45. The van der Waals surface area contributed by atoms with E-state index in [2.05, 4.69) is 10.1 Å². The molecule has 5 heteroatoms. The lowest BCUT2D eigenvalue weighted by Gasteiger charge is -2.38. The Morgan fingerprint density at radius 2 is 1.56 bits per heavy atom. The first-order valence-electron chi connectivity index (χ1n) is 8.08. The minimum absolute atomic E-state index is 0.0269. The molecular formula is C20H20ClN3O. The van der Waals surface area contributed by atoms with Crippen LogP contribution in [0.2, 0.25) is 5.02 Å². The SMILES string of the molecule is CC(C)(C)C(=O)C(c1ccccc1)(c1ccc(Cl)cc1)n1cncn1. The largest absolute Gasteiger partial charge is 0.296 e. The first-order valence-corrected chi connectivity index (χ1v) is 8.46. The van der Waals surface area contributed by atoms with Crippen molar-refractivity contribution < 1.29 is 4.79 Å². The lowest BCUT2D eigenvalue weighted by atomic mass is 9.70. The van der Waals surface area contributed by atoms with E-state index < -0.39 is 11.0 Å². The molecule has 0 spiro atoms. The summed E-state index contributed by atoms with van der Waals surface area (Å²) in [5, 5.41) is 4.97. The van der Waals surface area contributed by atoms with Crippen molar-refractivity contribution in [2.45, 2.75) is 26.3 Å². The van der Waals surface area contributed by atoms with Gasteiger partial charge in [0.15, 0.2) is 11.3 Å². The molecule has 0 fully saturated rings. The van der Waals surface area contributed by atoms with Crippen LogP contribution in [0.25, 0.3) is 0 Å². The zero-order valence-corrected chi connectivity index (χ0v) is 15.2. The predicted octanol–water partition coefficient (Wildman–Crippen LogP) is 4.34. The Hall–Kier alpha value is -2.46. The van der Waals surface area contributed by atoms with E-state index in [1.165, 1.54) is 6.33 Å². The number of aromatic nitrogens is 3. The molecule has 0 radical (unpaired) electrons. The summed E-state index contributed by atoms with van der Waals surface area (Å²) in [6.45, 7) is 5.75. The number of rotatable bonds is 4. The molecule has 0 N–H and O–H groups in total. The average molecular weight is 354 g/mol. The van der Waals surface area contributed by atoms with Gasteiger partial charge in [0.25, 0.3) is 0 Å². The Labute approximate surface area is 152 Å². The number of nitrogens with zero attached hydrogens (tertiary/aromatic N) is 3. The van der Waals surface area contributed by atoms with Crippen LogP contribution in [-0.4, -0.2) is 20.5 Å². The Balaban J connectivity index is 2.40. The fourth-order valence-electron chi connectivity index (χ4n) is 3.09. The molecule has 1 aromatic heterocycles. The zero-order chi connectivity index (χ0) is 18.1. The highest BCUT2D eigenvalue weighted by Gasteiger charge is 2.49. The molecule has 2 aromatic carbocycles. The summed E-state index contributed by atoms with van der Waals surface area (Å²) in [6, 6.07) is 17.0. The molecule has 128 valence electrons.